The predicted octanol–water partition coefficient (Wildman–Crippen LogP) is 3.32. The smallest absolute Gasteiger partial charge is 0.410 e. The first kappa shape index (κ1) is 16.8. The molecule has 4 rings (SSSR count). The van der Waals surface area contributed by atoms with E-state index in [9.17, 15) is 4.79 Å². The largest absolute Gasteiger partial charge is 0.445 e. The summed E-state index contributed by atoms with van der Waals surface area (Å²) in [6.45, 7) is 1.48. The number of H-pyrrole nitrogens is 1. The van der Waals surface area contributed by atoms with E-state index in [2.05, 4.69) is 15.0 Å². The lowest BCUT2D eigenvalue weighted by Gasteiger charge is -2.31. The van der Waals surface area contributed by atoms with E-state index in [0.29, 0.717) is 36.2 Å². The van der Waals surface area contributed by atoms with Crippen LogP contribution in [0.4, 0.5) is 4.79 Å². The molecule has 1 aliphatic heterocycles. The van der Waals surface area contributed by atoms with Crippen molar-refractivity contribution in [2.24, 2.45) is 0 Å². The van der Waals surface area contributed by atoms with Gasteiger partial charge in [-0.2, -0.15) is 0 Å². The number of fused-ring (bicyclic) bond motifs is 1. The van der Waals surface area contributed by atoms with Gasteiger partial charge < -0.3 is 19.4 Å². The predicted molar refractivity (Wildman–Crippen MR) is 95.8 cm³/mol. The number of hydrogen-bond donors (Lipinski definition) is 1. The molecule has 0 radical (unpaired) electrons. The molecule has 0 bridgehead atoms. The van der Waals surface area contributed by atoms with Crippen LogP contribution in [-0.2, 0) is 16.1 Å². The van der Waals surface area contributed by atoms with Gasteiger partial charge in [0.15, 0.2) is 5.65 Å². The van der Waals surface area contributed by atoms with Crippen LogP contribution in [0.25, 0.3) is 11.2 Å². The van der Waals surface area contributed by atoms with Crippen LogP contribution in [0.15, 0.2) is 42.6 Å². The summed E-state index contributed by atoms with van der Waals surface area (Å²) in [6, 6.07) is 10.9. The van der Waals surface area contributed by atoms with Crippen molar-refractivity contribution in [2.75, 3.05) is 19.7 Å². The Morgan fingerprint density at radius 3 is 3.00 bits per heavy atom. The lowest BCUT2D eigenvalue weighted by atomic mass is 10.2. The number of amides is 1. The number of benzene rings is 1. The molecule has 8 heteroatoms. The van der Waals surface area contributed by atoms with Crippen LogP contribution in [0, 0.1) is 0 Å². The molecule has 1 atom stereocenters. The van der Waals surface area contributed by atoms with Gasteiger partial charge in [-0.25, -0.2) is 14.8 Å². The number of halogens is 1. The molecule has 3 heterocycles. The van der Waals surface area contributed by atoms with Gasteiger partial charge in [0.25, 0.3) is 0 Å². The van der Waals surface area contributed by atoms with E-state index in [0.717, 1.165) is 11.1 Å². The average molecular weight is 373 g/mol. The van der Waals surface area contributed by atoms with E-state index in [-0.39, 0.29) is 18.8 Å². The first-order valence-electron chi connectivity index (χ1n) is 8.27. The Kier molecular flexibility index (Phi) is 4.73. The number of nitrogens with zero attached hydrogens (tertiary/aromatic N) is 3. The maximum Gasteiger partial charge on any atom is 0.410 e. The summed E-state index contributed by atoms with van der Waals surface area (Å²) < 4.78 is 11.2. The zero-order chi connectivity index (χ0) is 17.9. The minimum Gasteiger partial charge on any atom is -0.445 e. The summed E-state index contributed by atoms with van der Waals surface area (Å²) in [6.07, 6.45) is 0.996. The van der Waals surface area contributed by atoms with Gasteiger partial charge in [-0.1, -0.05) is 23.7 Å². The molecule has 1 aromatic carbocycles. The molecule has 2 aromatic heterocycles. The maximum atomic E-state index is 12.4. The Morgan fingerprint density at radius 2 is 2.19 bits per heavy atom. The molecule has 3 aromatic rings. The van der Waals surface area contributed by atoms with Crippen molar-refractivity contribution >= 4 is 28.9 Å². The van der Waals surface area contributed by atoms with Crippen molar-refractivity contribution < 1.29 is 14.3 Å². The number of aromatic amines is 1. The molecular weight excluding hydrogens is 356 g/mol. The van der Waals surface area contributed by atoms with E-state index < -0.39 is 0 Å². The lowest BCUT2D eigenvalue weighted by molar-refractivity contribution is -0.0330. The van der Waals surface area contributed by atoms with Crippen LogP contribution >= 0.6 is 11.6 Å². The minimum atomic E-state index is -0.373. The molecule has 26 heavy (non-hydrogen) atoms. The molecule has 134 valence electrons. The van der Waals surface area contributed by atoms with Gasteiger partial charge in [-0.3, -0.25) is 0 Å². The van der Waals surface area contributed by atoms with E-state index in [1.165, 1.54) is 0 Å². The Balaban J connectivity index is 1.39. The molecule has 0 aliphatic carbocycles. The molecule has 0 spiro atoms. The van der Waals surface area contributed by atoms with Crippen LogP contribution in [0.5, 0.6) is 0 Å². The molecule has 1 amide bonds. The molecule has 1 N–H and O–H groups in total. The maximum absolute atomic E-state index is 12.4. The Labute approximate surface area is 154 Å². The number of ether oxygens (including phenoxy) is 2. The van der Waals surface area contributed by atoms with Crippen LogP contribution in [0.1, 0.15) is 17.5 Å². The highest BCUT2D eigenvalue weighted by atomic mass is 35.5. The highest BCUT2D eigenvalue weighted by Gasteiger charge is 2.28. The van der Waals surface area contributed by atoms with Gasteiger partial charge in [-0.05, 0) is 29.8 Å². The van der Waals surface area contributed by atoms with Crippen molar-refractivity contribution in [3.05, 3.63) is 59.0 Å². The summed E-state index contributed by atoms with van der Waals surface area (Å²) in [5.41, 5.74) is 2.36. The first-order valence-corrected chi connectivity index (χ1v) is 8.65. The fraction of sp³-hybridized carbons (Fsp3) is 0.278. The normalized spacial score (nSPS) is 17.4. The first-order chi connectivity index (χ1) is 12.7. The van der Waals surface area contributed by atoms with E-state index in [1.54, 1.807) is 23.2 Å². The minimum absolute atomic E-state index is 0.201. The standard InChI is InChI=1S/C18H17ClN4O3/c19-13-5-3-12(4-6-13)11-26-18(24)23-8-9-25-15(10-23)17-21-14-2-1-7-20-16(14)22-17/h1-7,15H,8-11H2,(H,20,21,22)/t15-/m0/s1. The lowest BCUT2D eigenvalue weighted by Crippen LogP contribution is -2.42. The fourth-order valence-corrected chi connectivity index (χ4v) is 2.94. The molecule has 1 aliphatic rings. The third-order valence-electron chi connectivity index (χ3n) is 4.18. The summed E-state index contributed by atoms with van der Waals surface area (Å²) in [7, 11) is 0. The summed E-state index contributed by atoms with van der Waals surface area (Å²) in [4.78, 5) is 25.9. The molecule has 1 fully saturated rings. The van der Waals surface area contributed by atoms with E-state index >= 15 is 0 Å². The number of hydrogen-bond acceptors (Lipinski definition) is 5. The fourth-order valence-electron chi connectivity index (χ4n) is 2.81. The Morgan fingerprint density at radius 1 is 1.35 bits per heavy atom. The van der Waals surface area contributed by atoms with Crippen molar-refractivity contribution in [1.29, 1.82) is 0 Å². The number of morpholine rings is 1. The number of rotatable bonds is 3. The number of aromatic nitrogens is 3. The van der Waals surface area contributed by atoms with Crippen molar-refractivity contribution in [1.82, 2.24) is 19.9 Å². The van der Waals surface area contributed by atoms with Crippen molar-refractivity contribution in [2.45, 2.75) is 12.7 Å². The topological polar surface area (TPSA) is 80.3 Å². The van der Waals surface area contributed by atoms with Crippen LogP contribution in [0.3, 0.4) is 0 Å². The van der Waals surface area contributed by atoms with Crippen LogP contribution in [-0.4, -0.2) is 45.6 Å². The third kappa shape index (κ3) is 3.63. The summed E-state index contributed by atoms with van der Waals surface area (Å²) in [5.74, 6) is 0.661. The van der Waals surface area contributed by atoms with Crippen molar-refractivity contribution in [3.63, 3.8) is 0 Å². The second-order valence-corrected chi connectivity index (χ2v) is 6.42. The number of carbonyl (C=O) groups excluding carboxylic acids is 1. The van der Waals surface area contributed by atoms with Gasteiger partial charge in [-0.15, -0.1) is 0 Å². The number of pyridine rings is 1. The molecule has 7 nitrogen and oxygen atoms in total. The Hall–Kier alpha value is -2.64. The molecule has 0 saturated carbocycles. The zero-order valence-corrected chi connectivity index (χ0v) is 14.6. The van der Waals surface area contributed by atoms with Gasteiger partial charge in [0.05, 0.1) is 13.2 Å². The van der Waals surface area contributed by atoms with E-state index in [4.69, 9.17) is 21.1 Å². The monoisotopic (exact) mass is 372 g/mol. The Bertz CT molecular complexity index is 879. The third-order valence-corrected chi connectivity index (χ3v) is 4.43. The van der Waals surface area contributed by atoms with Crippen molar-refractivity contribution in [3.8, 4) is 0 Å². The zero-order valence-electron chi connectivity index (χ0n) is 13.9. The molecule has 0 unspecified atom stereocenters. The van der Waals surface area contributed by atoms with Crippen LogP contribution < -0.4 is 0 Å². The average Bonchev–Trinajstić information content (AvgIpc) is 3.12. The highest BCUT2D eigenvalue weighted by Crippen LogP contribution is 2.22. The summed E-state index contributed by atoms with van der Waals surface area (Å²) in [5, 5.41) is 0.649. The molecular formula is C18H17ClN4O3. The van der Waals surface area contributed by atoms with Gasteiger partial charge in [0, 0.05) is 17.8 Å². The second kappa shape index (κ2) is 7.31. The quantitative estimate of drug-likeness (QED) is 0.762. The number of imidazole rings is 1. The molecule has 1 saturated heterocycles. The van der Waals surface area contributed by atoms with E-state index in [1.807, 2.05) is 24.3 Å². The van der Waals surface area contributed by atoms with Gasteiger partial charge in [0.1, 0.15) is 24.1 Å². The number of nitrogens with one attached hydrogen (secondary N) is 1. The number of carbonyl (C=O) groups is 1. The van der Waals surface area contributed by atoms with Gasteiger partial charge >= 0.3 is 6.09 Å². The van der Waals surface area contributed by atoms with Gasteiger partial charge in [0.2, 0.25) is 0 Å². The highest BCUT2D eigenvalue weighted by molar-refractivity contribution is 6.30. The summed E-state index contributed by atoms with van der Waals surface area (Å²) >= 11 is 5.86. The van der Waals surface area contributed by atoms with Crippen LogP contribution in [0.2, 0.25) is 5.02 Å². The second-order valence-electron chi connectivity index (χ2n) is 5.98. The SMILES string of the molecule is O=C(OCc1ccc(Cl)cc1)N1CCO[C@H](c2nc3cccnc3[nH]2)C1.